The van der Waals surface area contributed by atoms with Gasteiger partial charge in [0.1, 0.15) is 24.9 Å². The molecule has 14 heteroatoms. The monoisotopic (exact) mass is 840 g/mol. The lowest BCUT2D eigenvalue weighted by atomic mass is 9.95. The minimum Gasteiger partial charge on any atom is -0.456 e. The zero-order valence-corrected chi connectivity index (χ0v) is 33.6. The number of nitrogens with one attached hydrogen (secondary N) is 2. The van der Waals surface area contributed by atoms with Crippen LogP contribution in [-0.4, -0.2) is 92.8 Å². The van der Waals surface area contributed by atoms with Crippen molar-refractivity contribution in [3.8, 4) is 11.1 Å². The number of carbonyl (C=O) groups is 5. The number of hydrogen-bond acceptors (Lipinski definition) is 12. The van der Waals surface area contributed by atoms with E-state index in [-0.39, 0.29) is 24.7 Å². The highest BCUT2D eigenvalue weighted by atomic mass is 16.8. The van der Waals surface area contributed by atoms with Crippen LogP contribution in [0.1, 0.15) is 56.5 Å². The van der Waals surface area contributed by atoms with Gasteiger partial charge in [-0.3, -0.25) is 9.59 Å². The van der Waals surface area contributed by atoms with Crippen LogP contribution in [-0.2, 0) is 42.7 Å². The van der Waals surface area contributed by atoms with Crippen molar-refractivity contribution in [2.75, 3.05) is 26.4 Å². The fourth-order valence-corrected chi connectivity index (χ4v) is 7.87. The van der Waals surface area contributed by atoms with E-state index in [0.29, 0.717) is 11.1 Å². The summed E-state index contributed by atoms with van der Waals surface area (Å²) in [6.07, 6.45) is -6.24. The Bertz CT molecular complexity index is 2330. The van der Waals surface area contributed by atoms with Gasteiger partial charge in [0, 0.05) is 24.0 Å². The highest BCUT2D eigenvalue weighted by molar-refractivity contribution is 5.98. The van der Waals surface area contributed by atoms with Gasteiger partial charge in [-0.25, -0.2) is 14.4 Å². The van der Waals surface area contributed by atoms with Crippen LogP contribution in [0.5, 0.6) is 0 Å². The number of ether oxygens (including phenoxy) is 7. The van der Waals surface area contributed by atoms with Gasteiger partial charge >= 0.3 is 18.0 Å². The lowest BCUT2D eigenvalue weighted by Gasteiger charge is -2.48. The van der Waals surface area contributed by atoms with Crippen molar-refractivity contribution in [1.82, 2.24) is 10.6 Å². The van der Waals surface area contributed by atoms with Crippen LogP contribution in [0.2, 0.25) is 0 Å². The van der Waals surface area contributed by atoms with E-state index >= 15 is 0 Å². The first-order valence-electron chi connectivity index (χ1n) is 20.2. The Hall–Kier alpha value is -6.71. The molecule has 14 nitrogen and oxygen atoms in total. The van der Waals surface area contributed by atoms with Crippen molar-refractivity contribution in [2.24, 2.45) is 0 Å². The summed E-state index contributed by atoms with van der Waals surface area (Å²) in [5.41, 5.74) is 5.34. The van der Waals surface area contributed by atoms with Crippen molar-refractivity contribution >= 4 is 29.7 Å². The number of carbonyl (C=O) groups excluding carboxylic acids is 5. The second-order valence-electron chi connectivity index (χ2n) is 14.9. The minimum atomic E-state index is -1.54. The van der Waals surface area contributed by atoms with E-state index in [9.17, 15) is 24.0 Å². The van der Waals surface area contributed by atoms with E-state index < -0.39 is 85.9 Å². The summed E-state index contributed by atoms with van der Waals surface area (Å²) in [5, 5.41) is 5.33. The predicted octanol–water partition coefficient (Wildman–Crippen LogP) is 5.91. The van der Waals surface area contributed by atoms with Gasteiger partial charge < -0.3 is 43.8 Å². The molecule has 0 spiro atoms. The molecule has 0 aromatic heterocycles. The van der Waals surface area contributed by atoms with Gasteiger partial charge in [0.15, 0.2) is 37.1 Å². The summed E-state index contributed by atoms with van der Waals surface area (Å²) in [5.74, 6) is -2.95. The molecule has 0 radical (unpaired) electrons. The van der Waals surface area contributed by atoms with Crippen LogP contribution in [0.4, 0.5) is 4.79 Å². The standard InChI is InChI=1S/C48H44N2O12/c1-29(51)49-41-43(61-44(53)31-17-7-3-8-18-31)42-40(28-58-46(62-42)32-19-9-4-10-20-32)60-47(41)57-26-38(45(54)56-27-39(52)30-15-5-2-6-16-30)50-48(55)59-25-37-35-23-13-11-21-33(35)34-22-12-14-24-36(34)37/h2-24,37-38,40-43,46-47H,25-28H2,1H3,(H,49,51)(H,50,55). The predicted molar refractivity (Wildman–Crippen MR) is 222 cm³/mol. The number of hydrogen-bond donors (Lipinski definition) is 2. The highest BCUT2D eigenvalue weighted by Gasteiger charge is 2.53. The Labute approximate surface area is 357 Å². The first-order valence-corrected chi connectivity index (χ1v) is 20.2. The van der Waals surface area contributed by atoms with Crippen LogP contribution >= 0.6 is 0 Å². The number of Topliss-reactive ketones (excluding diaryl/α,β-unsaturated/α-hetero) is 1. The van der Waals surface area contributed by atoms with Gasteiger partial charge in [-0.05, 0) is 34.4 Å². The number of amides is 2. The molecule has 2 N–H and O–H groups in total. The van der Waals surface area contributed by atoms with Crippen molar-refractivity contribution in [3.63, 3.8) is 0 Å². The van der Waals surface area contributed by atoms with Crippen LogP contribution in [0, 0.1) is 0 Å². The van der Waals surface area contributed by atoms with Crippen LogP contribution in [0.15, 0.2) is 140 Å². The largest absolute Gasteiger partial charge is 0.456 e. The van der Waals surface area contributed by atoms with Crippen molar-refractivity contribution in [1.29, 1.82) is 0 Å². The summed E-state index contributed by atoms with van der Waals surface area (Å²) < 4.78 is 42.3. The second-order valence-corrected chi connectivity index (χ2v) is 14.9. The molecule has 7 unspecified atom stereocenters. The third kappa shape index (κ3) is 9.59. The number of esters is 2. The lowest BCUT2D eigenvalue weighted by molar-refractivity contribution is -0.343. The number of ketones is 1. The Morgan fingerprint density at radius 2 is 1.31 bits per heavy atom. The normalized spacial score (nSPS) is 21.8. The quantitative estimate of drug-likeness (QED) is 0.0771. The SMILES string of the molecule is CC(=O)NC1C(OCC(NC(=O)OCC2c3ccccc3-c3ccccc32)C(=O)OCC(=O)c2ccccc2)OC2COC(c3ccccc3)OC2C1OC(=O)c1ccccc1. The number of rotatable bonds is 14. The molecular weight excluding hydrogens is 797 g/mol. The van der Waals surface area contributed by atoms with E-state index in [2.05, 4.69) is 10.6 Å². The van der Waals surface area contributed by atoms with Gasteiger partial charge in [0.25, 0.3) is 0 Å². The number of benzene rings is 5. The molecule has 2 amide bonds. The number of alkyl carbamates (subject to hydrolysis) is 1. The average molecular weight is 841 g/mol. The summed E-state index contributed by atoms with van der Waals surface area (Å²) in [6.45, 7) is -0.0132. The van der Waals surface area contributed by atoms with Crippen molar-refractivity contribution < 1.29 is 57.1 Å². The van der Waals surface area contributed by atoms with Crippen LogP contribution in [0.25, 0.3) is 11.1 Å². The smallest absolute Gasteiger partial charge is 0.407 e. The van der Waals surface area contributed by atoms with Crippen molar-refractivity contribution in [3.05, 3.63) is 167 Å². The summed E-state index contributed by atoms with van der Waals surface area (Å²) in [4.78, 5) is 66.7. The molecule has 2 saturated heterocycles. The minimum absolute atomic E-state index is 0.0265. The average Bonchev–Trinajstić information content (AvgIpc) is 3.63. The molecule has 5 aromatic rings. The first kappa shape index (κ1) is 42.0. The van der Waals surface area contributed by atoms with E-state index in [0.717, 1.165) is 22.3 Å². The molecule has 2 aliphatic heterocycles. The molecule has 62 heavy (non-hydrogen) atoms. The molecule has 3 aliphatic rings. The Kier molecular flexibility index (Phi) is 13.1. The topological polar surface area (TPSA) is 174 Å². The third-order valence-electron chi connectivity index (χ3n) is 10.8. The Morgan fingerprint density at radius 3 is 1.95 bits per heavy atom. The highest BCUT2D eigenvalue weighted by Crippen LogP contribution is 2.44. The van der Waals surface area contributed by atoms with E-state index in [1.807, 2.05) is 78.9 Å². The summed E-state index contributed by atoms with van der Waals surface area (Å²) in [7, 11) is 0. The molecular formula is C48H44N2O12. The van der Waals surface area contributed by atoms with Gasteiger partial charge in [0.05, 0.1) is 18.8 Å². The molecule has 7 atom stereocenters. The second kappa shape index (κ2) is 19.3. The van der Waals surface area contributed by atoms with Gasteiger partial charge in [-0.1, -0.05) is 127 Å². The third-order valence-corrected chi connectivity index (χ3v) is 10.8. The van der Waals surface area contributed by atoms with Gasteiger partial charge in [0.2, 0.25) is 5.91 Å². The molecule has 1 aliphatic carbocycles. The number of fused-ring (bicyclic) bond motifs is 4. The van der Waals surface area contributed by atoms with Gasteiger partial charge in [-0.15, -0.1) is 0 Å². The molecule has 2 heterocycles. The molecule has 5 aromatic carbocycles. The molecule has 0 saturated carbocycles. The first-order chi connectivity index (χ1) is 30.2. The van der Waals surface area contributed by atoms with E-state index in [1.165, 1.54) is 6.92 Å². The molecule has 8 rings (SSSR count). The van der Waals surface area contributed by atoms with Crippen molar-refractivity contribution in [2.45, 2.75) is 55.8 Å². The Morgan fingerprint density at radius 1 is 0.710 bits per heavy atom. The van der Waals surface area contributed by atoms with Gasteiger partial charge in [-0.2, -0.15) is 0 Å². The fraction of sp³-hybridized carbons (Fsp3) is 0.271. The molecule has 2 fully saturated rings. The zero-order chi connectivity index (χ0) is 43.0. The van der Waals surface area contributed by atoms with E-state index in [1.54, 1.807) is 60.7 Å². The zero-order valence-electron chi connectivity index (χ0n) is 33.6. The lowest BCUT2D eigenvalue weighted by Crippen LogP contribution is -2.68. The maximum atomic E-state index is 13.8. The Balaban J connectivity index is 1.02. The van der Waals surface area contributed by atoms with Crippen LogP contribution < -0.4 is 10.6 Å². The van der Waals surface area contributed by atoms with E-state index in [4.69, 9.17) is 33.2 Å². The van der Waals surface area contributed by atoms with Crippen LogP contribution in [0.3, 0.4) is 0 Å². The maximum absolute atomic E-state index is 13.8. The molecule has 0 bridgehead atoms. The molecule has 318 valence electrons. The maximum Gasteiger partial charge on any atom is 0.407 e. The summed E-state index contributed by atoms with van der Waals surface area (Å²) in [6, 6.07) is 38.7. The summed E-state index contributed by atoms with van der Waals surface area (Å²) >= 11 is 0. The fourth-order valence-electron chi connectivity index (χ4n) is 7.87.